The fourth-order valence-corrected chi connectivity index (χ4v) is 0.966. The van der Waals surface area contributed by atoms with E-state index in [1.807, 2.05) is 0 Å². The molecule has 0 aliphatic carbocycles. The van der Waals surface area contributed by atoms with E-state index in [4.69, 9.17) is 18.0 Å². The Morgan fingerprint density at radius 1 is 1.62 bits per heavy atom. The molecule has 0 aromatic carbocycles. The molecule has 0 bridgehead atoms. The van der Waals surface area contributed by atoms with Gasteiger partial charge in [-0.3, -0.25) is 4.79 Å². The molecule has 0 unspecified atom stereocenters. The van der Waals surface area contributed by atoms with Crippen molar-refractivity contribution in [3.05, 3.63) is 23.9 Å². The molecule has 0 saturated heterocycles. The van der Waals surface area contributed by atoms with Crippen LogP contribution >= 0.6 is 12.2 Å². The minimum atomic E-state index is -0.157. The third kappa shape index (κ3) is 4.17. The lowest BCUT2D eigenvalue weighted by Gasteiger charge is -1.99. The van der Waals surface area contributed by atoms with E-state index in [9.17, 15) is 4.79 Å². The summed E-state index contributed by atoms with van der Waals surface area (Å²) in [6, 6.07) is 3.43. The Morgan fingerprint density at radius 3 is 2.88 bits per heavy atom. The number of nitrogens with one attached hydrogen (secondary N) is 1. The van der Waals surface area contributed by atoms with Gasteiger partial charge in [0.2, 0.25) is 5.91 Å². The molecule has 1 aromatic heterocycles. The third-order valence-corrected chi connectivity index (χ3v) is 1.87. The molecule has 0 aliphatic heterocycles. The number of hydrogen-bond acceptors (Lipinski definition) is 4. The van der Waals surface area contributed by atoms with Crippen LogP contribution in [0.2, 0.25) is 0 Å². The van der Waals surface area contributed by atoms with Gasteiger partial charge in [0.05, 0.1) is 4.86 Å². The molecule has 1 aromatic rings. The monoisotopic (exact) mass is 233 g/mol. The summed E-state index contributed by atoms with van der Waals surface area (Å²) in [5, 5.41) is 2.56. The lowest BCUT2D eigenvalue weighted by molar-refractivity contribution is -0.114. The van der Waals surface area contributed by atoms with Gasteiger partial charge >= 0.3 is 0 Å². The van der Waals surface area contributed by atoms with Crippen molar-refractivity contribution in [2.24, 2.45) is 5.73 Å². The van der Waals surface area contributed by atoms with Crippen molar-refractivity contribution in [2.75, 3.05) is 11.9 Å². The molecule has 0 saturated carbocycles. The third-order valence-electron chi connectivity index (χ3n) is 1.60. The number of carbonyl (C=O) groups is 1. The van der Waals surface area contributed by atoms with E-state index in [-0.39, 0.29) is 12.5 Å². The molecule has 82 valence electrons. The quantitative estimate of drug-likeness (QED) is 0.583. The number of anilines is 1. The van der Waals surface area contributed by atoms with Crippen LogP contribution < -0.4 is 11.1 Å². The van der Waals surface area contributed by atoms with Crippen LogP contribution in [-0.2, 0) is 4.79 Å². The topological polar surface area (TPSA) is 68.0 Å². The van der Waals surface area contributed by atoms with E-state index in [1.54, 1.807) is 18.3 Å². The molecule has 0 aliphatic rings. The van der Waals surface area contributed by atoms with Crippen LogP contribution in [0.25, 0.3) is 0 Å². The highest BCUT2D eigenvalue weighted by Crippen LogP contribution is 2.03. The summed E-state index contributed by atoms with van der Waals surface area (Å²) in [6.45, 7) is 1.70. The molecular formula is C11H11N3OS. The smallest absolute Gasteiger partial charge is 0.222 e. The maximum absolute atomic E-state index is 10.7. The molecule has 0 fully saturated rings. The first-order valence-electron chi connectivity index (χ1n) is 4.60. The van der Waals surface area contributed by atoms with Crippen molar-refractivity contribution in [2.45, 2.75) is 6.92 Å². The lowest BCUT2D eigenvalue weighted by atomic mass is 10.2. The zero-order chi connectivity index (χ0) is 12.0. The van der Waals surface area contributed by atoms with Gasteiger partial charge in [0.25, 0.3) is 0 Å². The summed E-state index contributed by atoms with van der Waals surface area (Å²) in [6.07, 6.45) is 1.57. The minimum Gasteiger partial charge on any atom is -0.325 e. The van der Waals surface area contributed by atoms with Gasteiger partial charge in [-0.1, -0.05) is 24.1 Å². The maximum atomic E-state index is 10.7. The second kappa shape index (κ2) is 5.95. The average molecular weight is 233 g/mol. The van der Waals surface area contributed by atoms with Gasteiger partial charge in [-0.15, -0.1) is 0 Å². The normalized spacial score (nSPS) is 8.88. The Labute approximate surface area is 99.2 Å². The van der Waals surface area contributed by atoms with Crippen LogP contribution in [-0.4, -0.2) is 22.3 Å². The SMILES string of the molecule is CC(=O)Nc1ccc(C#CC(=S)CN)cn1. The first kappa shape index (κ1) is 12.3. The average Bonchev–Trinajstić information content (AvgIpc) is 2.27. The molecule has 3 N–H and O–H groups in total. The zero-order valence-electron chi connectivity index (χ0n) is 8.78. The molecule has 1 heterocycles. The second-order valence-electron chi connectivity index (χ2n) is 2.99. The molecule has 4 nitrogen and oxygen atoms in total. The van der Waals surface area contributed by atoms with Gasteiger partial charge in [0.1, 0.15) is 5.82 Å². The number of pyridine rings is 1. The van der Waals surface area contributed by atoms with Crippen molar-refractivity contribution in [3.63, 3.8) is 0 Å². The Balaban J connectivity index is 2.74. The van der Waals surface area contributed by atoms with Crippen LogP contribution in [0.15, 0.2) is 18.3 Å². The molecule has 0 spiro atoms. The number of thiocarbonyl (C=S) groups is 1. The summed E-state index contributed by atoms with van der Waals surface area (Å²) in [4.78, 5) is 15.3. The number of amides is 1. The fraction of sp³-hybridized carbons (Fsp3) is 0.182. The van der Waals surface area contributed by atoms with Gasteiger partial charge in [-0.25, -0.2) is 4.98 Å². The van der Waals surface area contributed by atoms with E-state index in [2.05, 4.69) is 22.1 Å². The van der Waals surface area contributed by atoms with E-state index in [1.165, 1.54) is 6.92 Å². The Morgan fingerprint density at radius 2 is 2.38 bits per heavy atom. The summed E-state index contributed by atoms with van der Waals surface area (Å²) in [5.41, 5.74) is 6.04. The Hall–Kier alpha value is -1.77. The molecule has 0 radical (unpaired) electrons. The Bertz CT molecular complexity index is 456. The van der Waals surface area contributed by atoms with Crippen molar-refractivity contribution < 1.29 is 4.79 Å². The van der Waals surface area contributed by atoms with Crippen LogP contribution in [0.1, 0.15) is 12.5 Å². The van der Waals surface area contributed by atoms with Crippen molar-refractivity contribution in [1.82, 2.24) is 4.98 Å². The zero-order valence-corrected chi connectivity index (χ0v) is 9.60. The summed E-state index contributed by atoms with van der Waals surface area (Å²) >= 11 is 4.86. The number of hydrogen-bond donors (Lipinski definition) is 2. The first-order valence-corrected chi connectivity index (χ1v) is 5.01. The number of rotatable bonds is 2. The highest BCUT2D eigenvalue weighted by molar-refractivity contribution is 7.81. The van der Waals surface area contributed by atoms with E-state index in [0.29, 0.717) is 10.7 Å². The van der Waals surface area contributed by atoms with Crippen LogP contribution in [0.4, 0.5) is 5.82 Å². The van der Waals surface area contributed by atoms with Gasteiger partial charge in [0.15, 0.2) is 0 Å². The molecule has 1 amide bonds. The molecule has 16 heavy (non-hydrogen) atoms. The van der Waals surface area contributed by atoms with Crippen LogP contribution in [0.3, 0.4) is 0 Å². The first-order chi connectivity index (χ1) is 7.61. The second-order valence-corrected chi connectivity index (χ2v) is 3.48. The predicted octanol–water partition coefficient (Wildman–Crippen LogP) is 0.720. The van der Waals surface area contributed by atoms with Gasteiger partial charge in [0, 0.05) is 25.2 Å². The van der Waals surface area contributed by atoms with E-state index < -0.39 is 0 Å². The fourth-order valence-electron chi connectivity index (χ4n) is 0.915. The summed E-state index contributed by atoms with van der Waals surface area (Å²) in [5.74, 6) is 5.91. The summed E-state index contributed by atoms with van der Waals surface area (Å²) < 4.78 is 0. The van der Waals surface area contributed by atoms with E-state index in [0.717, 1.165) is 5.56 Å². The molecular weight excluding hydrogens is 222 g/mol. The lowest BCUT2D eigenvalue weighted by Crippen LogP contribution is -2.08. The van der Waals surface area contributed by atoms with Crippen molar-refractivity contribution in [1.29, 1.82) is 0 Å². The molecule has 5 heteroatoms. The van der Waals surface area contributed by atoms with Crippen molar-refractivity contribution in [3.8, 4) is 11.8 Å². The largest absolute Gasteiger partial charge is 0.325 e. The number of nitrogens with two attached hydrogens (primary N) is 1. The number of nitrogens with zero attached hydrogens (tertiary/aromatic N) is 1. The minimum absolute atomic E-state index is 0.157. The summed E-state index contributed by atoms with van der Waals surface area (Å²) in [7, 11) is 0. The number of aromatic nitrogens is 1. The highest BCUT2D eigenvalue weighted by atomic mass is 32.1. The maximum Gasteiger partial charge on any atom is 0.222 e. The Kier molecular flexibility index (Phi) is 4.58. The molecule has 0 atom stereocenters. The van der Waals surface area contributed by atoms with Gasteiger partial charge in [-0.2, -0.15) is 0 Å². The van der Waals surface area contributed by atoms with Gasteiger partial charge < -0.3 is 11.1 Å². The van der Waals surface area contributed by atoms with Crippen LogP contribution in [0.5, 0.6) is 0 Å². The van der Waals surface area contributed by atoms with E-state index >= 15 is 0 Å². The highest BCUT2D eigenvalue weighted by Gasteiger charge is 1.95. The van der Waals surface area contributed by atoms with Crippen LogP contribution in [0, 0.1) is 11.8 Å². The predicted molar refractivity (Wildman–Crippen MR) is 67.1 cm³/mol. The van der Waals surface area contributed by atoms with Crippen molar-refractivity contribution >= 4 is 28.8 Å². The van der Waals surface area contributed by atoms with Gasteiger partial charge in [-0.05, 0) is 12.1 Å². The number of carbonyl (C=O) groups excluding carboxylic acids is 1. The standard InChI is InChI=1S/C11H11N3OS/c1-8(15)14-11-5-3-9(7-13-11)2-4-10(16)6-12/h3,5,7H,6,12H2,1H3,(H,13,14,15). The molecule has 1 rings (SSSR count).